The average Bonchev–Trinajstić information content (AvgIpc) is 2.89. The fraction of sp³-hybridized carbons (Fsp3) is 0.533. The molecule has 0 aliphatic carbocycles. The third-order valence-corrected chi connectivity index (χ3v) is 3.11. The van der Waals surface area contributed by atoms with Crippen molar-refractivity contribution in [2.24, 2.45) is 0 Å². The van der Waals surface area contributed by atoms with E-state index in [0.29, 0.717) is 6.54 Å². The molecular weight excluding hydrogens is 240 g/mol. The highest BCUT2D eigenvalue weighted by Gasteiger charge is 2.17. The molecule has 4 heteroatoms. The molecule has 2 amide bonds. The summed E-state index contributed by atoms with van der Waals surface area (Å²) in [5, 5.41) is 2.95. The molecule has 1 aliphatic heterocycles. The van der Waals surface area contributed by atoms with Gasteiger partial charge in [0.1, 0.15) is 5.75 Å². The van der Waals surface area contributed by atoms with Crippen LogP contribution in [0.15, 0.2) is 24.3 Å². The van der Waals surface area contributed by atoms with Gasteiger partial charge in [0.05, 0.1) is 6.10 Å². The summed E-state index contributed by atoms with van der Waals surface area (Å²) >= 11 is 0. The molecule has 1 aromatic rings. The minimum atomic E-state index is 0.0349. The minimum absolute atomic E-state index is 0.0349. The molecule has 1 aliphatic rings. The second kappa shape index (κ2) is 6.45. The van der Waals surface area contributed by atoms with Gasteiger partial charge in [-0.3, -0.25) is 0 Å². The molecule has 19 heavy (non-hydrogen) atoms. The summed E-state index contributed by atoms with van der Waals surface area (Å²) in [5.41, 5.74) is 1.06. The van der Waals surface area contributed by atoms with Crippen molar-refractivity contribution in [2.75, 3.05) is 13.1 Å². The number of carbonyl (C=O) groups is 1. The number of carbonyl (C=O) groups excluding carboxylic acids is 1. The predicted molar refractivity (Wildman–Crippen MR) is 75.2 cm³/mol. The van der Waals surface area contributed by atoms with Crippen molar-refractivity contribution < 1.29 is 9.53 Å². The van der Waals surface area contributed by atoms with Crippen molar-refractivity contribution >= 4 is 6.03 Å². The molecule has 1 aromatic carbocycles. The molecule has 1 saturated heterocycles. The van der Waals surface area contributed by atoms with Crippen molar-refractivity contribution in [1.82, 2.24) is 10.2 Å². The van der Waals surface area contributed by atoms with E-state index in [4.69, 9.17) is 4.74 Å². The van der Waals surface area contributed by atoms with Crippen LogP contribution in [0.2, 0.25) is 0 Å². The third-order valence-electron chi connectivity index (χ3n) is 3.11. The van der Waals surface area contributed by atoms with Crippen LogP contribution < -0.4 is 10.1 Å². The number of ether oxygens (including phenoxy) is 1. The van der Waals surface area contributed by atoms with Crippen LogP contribution in [-0.4, -0.2) is 30.1 Å². The fourth-order valence-corrected chi connectivity index (χ4v) is 2.21. The molecule has 4 nitrogen and oxygen atoms in total. The number of urea groups is 1. The first-order chi connectivity index (χ1) is 9.15. The van der Waals surface area contributed by atoms with Crippen LogP contribution in [0.3, 0.4) is 0 Å². The smallest absolute Gasteiger partial charge is 0.317 e. The van der Waals surface area contributed by atoms with E-state index >= 15 is 0 Å². The van der Waals surface area contributed by atoms with Crippen molar-refractivity contribution in [3.8, 4) is 5.75 Å². The van der Waals surface area contributed by atoms with Crippen LogP contribution >= 0.6 is 0 Å². The summed E-state index contributed by atoms with van der Waals surface area (Å²) < 4.78 is 5.64. The Labute approximate surface area is 114 Å². The lowest BCUT2D eigenvalue weighted by Gasteiger charge is -2.16. The van der Waals surface area contributed by atoms with E-state index < -0.39 is 0 Å². The van der Waals surface area contributed by atoms with Gasteiger partial charge in [-0.1, -0.05) is 12.1 Å². The van der Waals surface area contributed by atoms with Crippen LogP contribution in [0, 0.1) is 0 Å². The highest BCUT2D eigenvalue weighted by atomic mass is 16.5. The Bertz CT molecular complexity index is 426. The molecular formula is C15H22N2O2. The van der Waals surface area contributed by atoms with Crippen molar-refractivity contribution in [3.63, 3.8) is 0 Å². The second-order valence-corrected chi connectivity index (χ2v) is 5.17. The summed E-state index contributed by atoms with van der Waals surface area (Å²) in [5.74, 6) is 0.850. The average molecular weight is 262 g/mol. The molecule has 0 radical (unpaired) electrons. The molecule has 1 heterocycles. The lowest BCUT2D eigenvalue weighted by atomic mass is 10.2. The molecule has 0 atom stereocenters. The van der Waals surface area contributed by atoms with Gasteiger partial charge in [-0.05, 0) is 44.4 Å². The predicted octanol–water partition coefficient (Wildman–Crippen LogP) is 2.78. The zero-order chi connectivity index (χ0) is 13.7. The van der Waals surface area contributed by atoms with Gasteiger partial charge in [0.15, 0.2) is 0 Å². The molecule has 0 bridgehead atoms. The van der Waals surface area contributed by atoms with E-state index in [2.05, 4.69) is 5.32 Å². The minimum Gasteiger partial charge on any atom is -0.491 e. The van der Waals surface area contributed by atoms with Gasteiger partial charge in [0, 0.05) is 19.6 Å². The maximum atomic E-state index is 11.9. The molecule has 1 N–H and O–H groups in total. The number of nitrogens with one attached hydrogen (secondary N) is 1. The van der Waals surface area contributed by atoms with Gasteiger partial charge in [0.25, 0.3) is 0 Å². The van der Waals surface area contributed by atoms with Crippen LogP contribution in [0.5, 0.6) is 5.75 Å². The SMILES string of the molecule is CC(C)Oc1cccc(CNC(=O)N2CCCC2)c1. The quantitative estimate of drug-likeness (QED) is 0.906. The first-order valence-electron chi connectivity index (χ1n) is 6.93. The summed E-state index contributed by atoms with van der Waals surface area (Å²) in [6.45, 7) is 6.30. The monoisotopic (exact) mass is 262 g/mol. The molecule has 0 aromatic heterocycles. The topological polar surface area (TPSA) is 41.6 Å². The maximum Gasteiger partial charge on any atom is 0.317 e. The number of nitrogens with zero attached hydrogens (tertiary/aromatic N) is 1. The van der Waals surface area contributed by atoms with E-state index in [-0.39, 0.29) is 12.1 Å². The summed E-state index contributed by atoms with van der Waals surface area (Å²) in [6, 6.07) is 7.90. The van der Waals surface area contributed by atoms with Crippen LogP contribution in [0.1, 0.15) is 32.3 Å². The second-order valence-electron chi connectivity index (χ2n) is 5.17. The molecule has 2 rings (SSSR count). The lowest BCUT2D eigenvalue weighted by molar-refractivity contribution is 0.208. The van der Waals surface area contributed by atoms with Gasteiger partial charge in [-0.25, -0.2) is 4.79 Å². The summed E-state index contributed by atoms with van der Waals surface area (Å²) in [6.07, 6.45) is 2.39. The Morgan fingerprint density at radius 2 is 2.11 bits per heavy atom. The van der Waals surface area contributed by atoms with Crippen molar-refractivity contribution in [2.45, 2.75) is 39.3 Å². The zero-order valence-corrected chi connectivity index (χ0v) is 11.7. The Morgan fingerprint density at radius 3 is 2.79 bits per heavy atom. The Hall–Kier alpha value is -1.71. The number of hydrogen-bond donors (Lipinski definition) is 1. The van der Waals surface area contributed by atoms with Gasteiger partial charge in [-0.15, -0.1) is 0 Å². The highest BCUT2D eigenvalue weighted by molar-refractivity contribution is 5.74. The number of rotatable bonds is 4. The normalized spacial score (nSPS) is 14.8. The molecule has 0 spiro atoms. The van der Waals surface area contributed by atoms with Crippen molar-refractivity contribution in [3.05, 3.63) is 29.8 Å². The van der Waals surface area contributed by atoms with Gasteiger partial charge in [0.2, 0.25) is 0 Å². The number of benzene rings is 1. The van der Waals surface area contributed by atoms with Gasteiger partial charge < -0.3 is 15.0 Å². The Kier molecular flexibility index (Phi) is 4.66. The molecule has 1 fully saturated rings. The number of likely N-dealkylation sites (tertiary alicyclic amines) is 1. The fourth-order valence-electron chi connectivity index (χ4n) is 2.21. The van der Waals surface area contributed by atoms with Gasteiger partial charge in [-0.2, -0.15) is 0 Å². The van der Waals surface area contributed by atoms with Crippen molar-refractivity contribution in [1.29, 1.82) is 0 Å². The number of amides is 2. The van der Waals surface area contributed by atoms with E-state index in [0.717, 1.165) is 37.2 Å². The number of hydrogen-bond acceptors (Lipinski definition) is 2. The molecule has 0 unspecified atom stereocenters. The van der Waals surface area contributed by atoms with E-state index in [1.807, 2.05) is 43.0 Å². The van der Waals surface area contributed by atoms with Gasteiger partial charge >= 0.3 is 6.03 Å². The Morgan fingerprint density at radius 1 is 1.37 bits per heavy atom. The first-order valence-corrected chi connectivity index (χ1v) is 6.93. The largest absolute Gasteiger partial charge is 0.491 e. The van der Waals surface area contributed by atoms with Crippen LogP contribution in [-0.2, 0) is 6.54 Å². The maximum absolute atomic E-state index is 11.9. The summed E-state index contributed by atoms with van der Waals surface area (Å²) in [7, 11) is 0. The molecule has 104 valence electrons. The third kappa shape index (κ3) is 4.16. The van der Waals surface area contributed by atoms with E-state index in [1.54, 1.807) is 0 Å². The highest BCUT2D eigenvalue weighted by Crippen LogP contribution is 2.15. The van der Waals surface area contributed by atoms with Crippen LogP contribution in [0.25, 0.3) is 0 Å². The Balaban J connectivity index is 1.86. The van der Waals surface area contributed by atoms with E-state index in [9.17, 15) is 4.79 Å². The zero-order valence-electron chi connectivity index (χ0n) is 11.7. The van der Waals surface area contributed by atoms with Crippen LogP contribution in [0.4, 0.5) is 4.79 Å². The lowest BCUT2D eigenvalue weighted by Crippen LogP contribution is -2.37. The summed E-state index contributed by atoms with van der Waals surface area (Å²) in [4.78, 5) is 13.7. The molecule has 0 saturated carbocycles. The first kappa shape index (κ1) is 13.7. The standard InChI is InChI=1S/C15H22N2O2/c1-12(2)19-14-7-5-6-13(10-14)11-16-15(18)17-8-3-4-9-17/h5-7,10,12H,3-4,8-9,11H2,1-2H3,(H,16,18). The van der Waals surface area contributed by atoms with E-state index in [1.165, 1.54) is 0 Å².